The van der Waals surface area contributed by atoms with Gasteiger partial charge in [0.05, 0.1) is 0 Å². The van der Waals surface area contributed by atoms with Crippen LogP contribution in [0.3, 0.4) is 0 Å². The lowest BCUT2D eigenvalue weighted by atomic mass is 10.1. The van der Waals surface area contributed by atoms with Gasteiger partial charge in [0.25, 0.3) is 0 Å². The minimum Gasteiger partial charge on any atom is -0.369 e. The average Bonchev–Trinajstić information content (AvgIpc) is 2.66. The molecule has 94 valence electrons. The van der Waals surface area contributed by atoms with Gasteiger partial charge >= 0.3 is 0 Å². The van der Waals surface area contributed by atoms with E-state index < -0.39 is 0 Å². The number of anilines is 1. The molecule has 1 aromatic rings. The molecule has 1 aliphatic heterocycles. The van der Waals surface area contributed by atoms with E-state index in [4.69, 9.17) is 0 Å². The third kappa shape index (κ3) is 3.01. The maximum atomic E-state index is 3.36. The van der Waals surface area contributed by atoms with E-state index in [1.165, 1.54) is 24.2 Å². The second-order valence-electron chi connectivity index (χ2n) is 5.29. The smallest absolute Gasteiger partial charge is 0.0368 e. The summed E-state index contributed by atoms with van der Waals surface area (Å²) >= 11 is 0. The largest absolute Gasteiger partial charge is 0.369 e. The molecular weight excluding hydrogens is 208 g/mol. The van der Waals surface area contributed by atoms with E-state index in [1.807, 2.05) is 0 Å². The predicted octanol–water partition coefficient (Wildman–Crippen LogP) is 3.03. The molecular formula is C15H24N2. The van der Waals surface area contributed by atoms with Crippen molar-refractivity contribution in [3.63, 3.8) is 0 Å². The lowest BCUT2D eigenvalue weighted by molar-refractivity contribution is 0.625. The second-order valence-corrected chi connectivity index (χ2v) is 5.29. The number of hydrogen-bond donors (Lipinski definition) is 1. The fraction of sp³-hybridized carbons (Fsp3) is 0.600. The van der Waals surface area contributed by atoms with Crippen LogP contribution in [-0.2, 0) is 6.54 Å². The predicted molar refractivity (Wildman–Crippen MR) is 74.4 cm³/mol. The number of benzene rings is 1. The van der Waals surface area contributed by atoms with Crippen molar-refractivity contribution in [2.75, 3.05) is 18.0 Å². The first-order chi connectivity index (χ1) is 8.20. The lowest BCUT2D eigenvalue weighted by Gasteiger charge is -2.24. The van der Waals surface area contributed by atoms with Crippen LogP contribution >= 0.6 is 0 Å². The van der Waals surface area contributed by atoms with Gasteiger partial charge < -0.3 is 10.2 Å². The number of nitrogens with zero attached hydrogens (tertiary/aromatic N) is 1. The molecule has 2 heteroatoms. The van der Waals surface area contributed by atoms with Crippen LogP contribution in [0.4, 0.5) is 5.69 Å². The van der Waals surface area contributed by atoms with E-state index in [0.29, 0.717) is 6.04 Å². The first kappa shape index (κ1) is 12.4. The summed E-state index contributed by atoms with van der Waals surface area (Å²) in [5.41, 5.74) is 2.75. The Bertz CT molecular complexity index is 344. The minimum atomic E-state index is 0.685. The van der Waals surface area contributed by atoms with Crippen molar-refractivity contribution >= 4 is 5.69 Å². The van der Waals surface area contributed by atoms with Gasteiger partial charge in [-0.25, -0.2) is 0 Å². The van der Waals surface area contributed by atoms with Crippen molar-refractivity contribution in [1.82, 2.24) is 5.32 Å². The zero-order valence-corrected chi connectivity index (χ0v) is 11.2. The molecule has 1 N–H and O–H groups in total. The molecule has 2 nitrogen and oxygen atoms in total. The molecule has 1 aliphatic rings. The van der Waals surface area contributed by atoms with Crippen LogP contribution in [0.2, 0.25) is 0 Å². The van der Waals surface area contributed by atoms with Gasteiger partial charge in [0.1, 0.15) is 0 Å². The Labute approximate surface area is 105 Å². The highest BCUT2D eigenvalue weighted by Crippen LogP contribution is 2.28. The molecule has 1 aromatic carbocycles. The van der Waals surface area contributed by atoms with Crippen LogP contribution in [0.25, 0.3) is 0 Å². The Hall–Kier alpha value is -1.02. The molecule has 2 atom stereocenters. The van der Waals surface area contributed by atoms with Crippen LogP contribution in [-0.4, -0.2) is 19.1 Å². The van der Waals surface area contributed by atoms with Crippen LogP contribution in [0, 0.1) is 5.92 Å². The second kappa shape index (κ2) is 5.54. The van der Waals surface area contributed by atoms with Gasteiger partial charge in [-0.3, -0.25) is 0 Å². The zero-order chi connectivity index (χ0) is 12.3. The van der Waals surface area contributed by atoms with Crippen molar-refractivity contribution in [2.45, 2.75) is 39.8 Å². The van der Waals surface area contributed by atoms with E-state index in [-0.39, 0.29) is 0 Å². The van der Waals surface area contributed by atoms with Gasteiger partial charge in [0.15, 0.2) is 0 Å². The topological polar surface area (TPSA) is 15.3 Å². The lowest BCUT2D eigenvalue weighted by Crippen LogP contribution is -2.26. The van der Waals surface area contributed by atoms with E-state index >= 15 is 0 Å². The first-order valence-electron chi connectivity index (χ1n) is 6.77. The summed E-state index contributed by atoms with van der Waals surface area (Å²) in [4.78, 5) is 2.53. The molecule has 0 amide bonds. The van der Waals surface area contributed by atoms with Crippen LogP contribution < -0.4 is 10.2 Å². The molecule has 1 heterocycles. The van der Waals surface area contributed by atoms with Crippen LogP contribution in [0.5, 0.6) is 0 Å². The summed E-state index contributed by atoms with van der Waals surface area (Å²) in [7, 11) is 0. The van der Waals surface area contributed by atoms with Crippen molar-refractivity contribution in [1.29, 1.82) is 0 Å². The third-order valence-electron chi connectivity index (χ3n) is 3.63. The van der Waals surface area contributed by atoms with Gasteiger partial charge in [0, 0.05) is 24.8 Å². The number of nitrogens with one attached hydrogen (secondary N) is 1. The fourth-order valence-electron chi connectivity index (χ4n) is 2.73. The SMILES string of the molecule is CCNCc1ccc(N2CC(C)CC2C)cc1. The monoisotopic (exact) mass is 232 g/mol. The highest BCUT2D eigenvalue weighted by Gasteiger charge is 2.25. The summed E-state index contributed by atoms with van der Waals surface area (Å²) in [5, 5.41) is 3.36. The Kier molecular flexibility index (Phi) is 4.06. The molecule has 2 unspecified atom stereocenters. The standard InChI is InChI=1S/C15H24N2/c1-4-16-10-14-5-7-15(8-6-14)17-11-12(2)9-13(17)3/h5-8,12-13,16H,4,9-11H2,1-3H3. The van der Waals surface area contributed by atoms with Gasteiger partial charge in [-0.1, -0.05) is 26.0 Å². The molecule has 17 heavy (non-hydrogen) atoms. The normalized spacial score (nSPS) is 24.3. The molecule has 0 radical (unpaired) electrons. The molecule has 0 bridgehead atoms. The van der Waals surface area contributed by atoms with Crippen LogP contribution in [0.1, 0.15) is 32.8 Å². The Morgan fingerprint density at radius 1 is 1.24 bits per heavy atom. The first-order valence-corrected chi connectivity index (χ1v) is 6.77. The zero-order valence-electron chi connectivity index (χ0n) is 11.2. The van der Waals surface area contributed by atoms with E-state index in [9.17, 15) is 0 Å². The van der Waals surface area contributed by atoms with Gasteiger partial charge in [-0.05, 0) is 43.5 Å². The summed E-state index contributed by atoms with van der Waals surface area (Å²) in [6.07, 6.45) is 1.32. The van der Waals surface area contributed by atoms with Crippen molar-refractivity contribution in [3.8, 4) is 0 Å². The summed E-state index contributed by atoms with van der Waals surface area (Å²) in [5.74, 6) is 0.825. The van der Waals surface area contributed by atoms with E-state index in [2.05, 4.69) is 55.3 Å². The Morgan fingerprint density at radius 2 is 1.94 bits per heavy atom. The summed E-state index contributed by atoms with van der Waals surface area (Å²) < 4.78 is 0. The molecule has 0 aromatic heterocycles. The maximum absolute atomic E-state index is 3.36. The number of hydrogen-bond acceptors (Lipinski definition) is 2. The molecule has 0 aliphatic carbocycles. The van der Waals surface area contributed by atoms with Gasteiger partial charge in [-0.15, -0.1) is 0 Å². The summed E-state index contributed by atoms with van der Waals surface area (Å²) in [6.45, 7) is 10.0. The van der Waals surface area contributed by atoms with E-state index in [1.54, 1.807) is 0 Å². The average molecular weight is 232 g/mol. The third-order valence-corrected chi connectivity index (χ3v) is 3.63. The van der Waals surface area contributed by atoms with Gasteiger partial charge in [-0.2, -0.15) is 0 Å². The van der Waals surface area contributed by atoms with Crippen molar-refractivity contribution in [2.24, 2.45) is 5.92 Å². The highest BCUT2D eigenvalue weighted by atomic mass is 15.2. The molecule has 0 saturated carbocycles. The molecule has 2 rings (SSSR count). The quantitative estimate of drug-likeness (QED) is 0.858. The highest BCUT2D eigenvalue weighted by molar-refractivity contribution is 5.49. The van der Waals surface area contributed by atoms with Gasteiger partial charge in [0.2, 0.25) is 0 Å². The molecule has 1 fully saturated rings. The minimum absolute atomic E-state index is 0.685. The van der Waals surface area contributed by atoms with E-state index in [0.717, 1.165) is 19.0 Å². The van der Waals surface area contributed by atoms with Crippen molar-refractivity contribution in [3.05, 3.63) is 29.8 Å². The van der Waals surface area contributed by atoms with Crippen molar-refractivity contribution < 1.29 is 0 Å². The molecule has 0 spiro atoms. The molecule has 1 saturated heterocycles. The maximum Gasteiger partial charge on any atom is 0.0368 e. The Morgan fingerprint density at radius 3 is 2.47 bits per heavy atom. The number of rotatable bonds is 4. The fourth-order valence-corrected chi connectivity index (χ4v) is 2.73. The Balaban J connectivity index is 2.02. The summed E-state index contributed by atoms with van der Waals surface area (Å²) in [6, 6.07) is 9.70. The van der Waals surface area contributed by atoms with Crippen LogP contribution in [0.15, 0.2) is 24.3 Å².